The van der Waals surface area contributed by atoms with Crippen LogP contribution in [0.5, 0.6) is 0 Å². The summed E-state index contributed by atoms with van der Waals surface area (Å²) in [5.74, 6) is -0.424. The second-order valence-corrected chi connectivity index (χ2v) is 4.58. The Balaban J connectivity index is 2.16. The number of halogens is 1. The smallest absolute Gasteiger partial charge is 0.141 e. The van der Waals surface area contributed by atoms with Gasteiger partial charge in [0.05, 0.1) is 12.3 Å². The van der Waals surface area contributed by atoms with E-state index in [1.165, 1.54) is 23.4 Å². The SMILES string of the molecule is Cc1ccc(CC(O)c2cncc(F)c2)cc1C. The Labute approximate surface area is 106 Å². The van der Waals surface area contributed by atoms with Crippen LogP contribution >= 0.6 is 0 Å². The number of rotatable bonds is 3. The maximum atomic E-state index is 13.0. The van der Waals surface area contributed by atoms with Crippen molar-refractivity contribution in [1.82, 2.24) is 4.98 Å². The number of hydrogen-bond acceptors (Lipinski definition) is 2. The molecule has 0 saturated carbocycles. The lowest BCUT2D eigenvalue weighted by atomic mass is 9.99. The molecule has 1 heterocycles. The van der Waals surface area contributed by atoms with Crippen LogP contribution in [0.25, 0.3) is 0 Å². The first-order valence-electron chi connectivity index (χ1n) is 5.91. The zero-order valence-corrected chi connectivity index (χ0v) is 10.5. The number of pyridine rings is 1. The Morgan fingerprint density at radius 3 is 2.61 bits per heavy atom. The summed E-state index contributed by atoms with van der Waals surface area (Å²) in [4.78, 5) is 3.74. The van der Waals surface area contributed by atoms with E-state index in [0.717, 1.165) is 11.8 Å². The number of benzene rings is 1. The van der Waals surface area contributed by atoms with Gasteiger partial charge < -0.3 is 5.11 Å². The maximum absolute atomic E-state index is 13.0. The minimum atomic E-state index is -0.727. The molecule has 0 saturated heterocycles. The molecule has 0 radical (unpaired) electrons. The monoisotopic (exact) mass is 245 g/mol. The molecule has 0 aliphatic carbocycles. The molecule has 1 unspecified atom stereocenters. The van der Waals surface area contributed by atoms with Crippen molar-refractivity contribution >= 4 is 0 Å². The minimum Gasteiger partial charge on any atom is -0.388 e. The van der Waals surface area contributed by atoms with Crippen LogP contribution in [0, 0.1) is 19.7 Å². The van der Waals surface area contributed by atoms with Gasteiger partial charge in [-0.15, -0.1) is 0 Å². The van der Waals surface area contributed by atoms with Crippen molar-refractivity contribution in [2.75, 3.05) is 0 Å². The predicted molar refractivity (Wildman–Crippen MR) is 68.8 cm³/mol. The van der Waals surface area contributed by atoms with Crippen molar-refractivity contribution in [2.24, 2.45) is 0 Å². The predicted octanol–water partition coefficient (Wildman–Crippen LogP) is 3.11. The van der Waals surface area contributed by atoms with Crippen molar-refractivity contribution in [2.45, 2.75) is 26.4 Å². The molecule has 0 fully saturated rings. The number of aromatic nitrogens is 1. The molecular formula is C15H16FNO. The molecule has 2 nitrogen and oxygen atoms in total. The van der Waals surface area contributed by atoms with E-state index in [1.54, 1.807) is 0 Å². The second kappa shape index (κ2) is 5.27. The molecule has 2 rings (SSSR count). The van der Waals surface area contributed by atoms with E-state index in [4.69, 9.17) is 0 Å². The van der Waals surface area contributed by atoms with E-state index in [2.05, 4.69) is 4.98 Å². The lowest BCUT2D eigenvalue weighted by Gasteiger charge is -2.12. The molecule has 2 aromatic rings. The Morgan fingerprint density at radius 2 is 1.94 bits per heavy atom. The summed E-state index contributed by atoms with van der Waals surface area (Å²) in [5, 5.41) is 10.1. The molecule has 0 aliphatic heterocycles. The number of aliphatic hydroxyl groups excluding tert-OH is 1. The number of aryl methyl sites for hydroxylation is 2. The molecule has 3 heteroatoms. The summed E-state index contributed by atoms with van der Waals surface area (Å²) in [5.41, 5.74) is 3.96. The van der Waals surface area contributed by atoms with E-state index < -0.39 is 11.9 Å². The van der Waals surface area contributed by atoms with Crippen molar-refractivity contribution in [1.29, 1.82) is 0 Å². The standard InChI is InChI=1S/C15H16FNO/c1-10-3-4-12(5-11(10)2)6-15(18)13-7-14(16)9-17-8-13/h3-5,7-9,15,18H,6H2,1-2H3. The normalized spacial score (nSPS) is 12.4. The Bertz CT molecular complexity index is 554. The highest BCUT2D eigenvalue weighted by atomic mass is 19.1. The molecule has 1 aromatic carbocycles. The van der Waals surface area contributed by atoms with Crippen LogP contribution in [0.2, 0.25) is 0 Å². The van der Waals surface area contributed by atoms with Gasteiger partial charge in [-0.3, -0.25) is 4.98 Å². The lowest BCUT2D eigenvalue weighted by Crippen LogP contribution is -2.03. The zero-order valence-electron chi connectivity index (χ0n) is 10.5. The van der Waals surface area contributed by atoms with Crippen molar-refractivity contribution < 1.29 is 9.50 Å². The average Bonchev–Trinajstić information content (AvgIpc) is 2.34. The second-order valence-electron chi connectivity index (χ2n) is 4.58. The molecule has 18 heavy (non-hydrogen) atoms. The third kappa shape index (κ3) is 2.93. The van der Waals surface area contributed by atoms with Crippen LogP contribution in [0.15, 0.2) is 36.7 Å². The largest absolute Gasteiger partial charge is 0.388 e. The Morgan fingerprint density at radius 1 is 1.17 bits per heavy atom. The molecule has 0 aliphatic rings. The van der Waals surface area contributed by atoms with Gasteiger partial charge in [-0.05, 0) is 36.6 Å². The lowest BCUT2D eigenvalue weighted by molar-refractivity contribution is 0.177. The molecular weight excluding hydrogens is 229 g/mol. The highest BCUT2D eigenvalue weighted by molar-refractivity contribution is 5.31. The fraction of sp³-hybridized carbons (Fsp3) is 0.267. The van der Waals surface area contributed by atoms with Crippen molar-refractivity contribution in [3.05, 3.63) is 64.7 Å². The fourth-order valence-corrected chi connectivity index (χ4v) is 1.88. The Hall–Kier alpha value is -1.74. The number of nitrogens with zero attached hydrogens (tertiary/aromatic N) is 1. The van der Waals surface area contributed by atoms with Crippen molar-refractivity contribution in [3.63, 3.8) is 0 Å². The van der Waals surface area contributed by atoms with Gasteiger partial charge in [-0.25, -0.2) is 4.39 Å². The first-order valence-corrected chi connectivity index (χ1v) is 5.91. The van der Waals surface area contributed by atoms with Crippen molar-refractivity contribution in [3.8, 4) is 0 Å². The van der Waals surface area contributed by atoms with Gasteiger partial charge in [0, 0.05) is 18.2 Å². The van der Waals surface area contributed by atoms with Gasteiger partial charge >= 0.3 is 0 Å². The molecule has 94 valence electrons. The summed E-state index contributed by atoms with van der Waals surface area (Å²) in [6.45, 7) is 4.08. The number of hydrogen-bond donors (Lipinski definition) is 1. The van der Waals surface area contributed by atoms with Crippen LogP contribution in [0.4, 0.5) is 4.39 Å². The van der Waals surface area contributed by atoms with E-state index >= 15 is 0 Å². The van der Waals surface area contributed by atoms with Crippen LogP contribution in [-0.4, -0.2) is 10.1 Å². The van der Waals surface area contributed by atoms with Gasteiger partial charge in [0.1, 0.15) is 5.82 Å². The summed E-state index contributed by atoms with van der Waals surface area (Å²) in [7, 11) is 0. The van der Waals surface area contributed by atoms with E-state index in [1.807, 2.05) is 32.0 Å². The molecule has 0 spiro atoms. The van der Waals surface area contributed by atoms with Gasteiger partial charge in [0.15, 0.2) is 0 Å². The summed E-state index contributed by atoms with van der Waals surface area (Å²) in [6, 6.07) is 7.38. The highest BCUT2D eigenvalue weighted by Crippen LogP contribution is 2.19. The first-order chi connectivity index (χ1) is 8.56. The third-order valence-corrected chi connectivity index (χ3v) is 3.11. The van der Waals surface area contributed by atoms with Gasteiger partial charge in [0.2, 0.25) is 0 Å². The molecule has 0 amide bonds. The highest BCUT2D eigenvalue weighted by Gasteiger charge is 2.10. The molecule has 1 atom stereocenters. The summed E-state index contributed by atoms with van der Waals surface area (Å²) >= 11 is 0. The molecule has 1 aromatic heterocycles. The zero-order chi connectivity index (χ0) is 13.1. The van der Waals surface area contributed by atoms with Gasteiger partial charge in [0.25, 0.3) is 0 Å². The van der Waals surface area contributed by atoms with Gasteiger partial charge in [-0.2, -0.15) is 0 Å². The van der Waals surface area contributed by atoms with Crippen LogP contribution in [0.3, 0.4) is 0 Å². The van der Waals surface area contributed by atoms with E-state index in [0.29, 0.717) is 12.0 Å². The molecule has 0 bridgehead atoms. The summed E-state index contributed by atoms with van der Waals surface area (Å²) < 4.78 is 13.0. The topological polar surface area (TPSA) is 33.1 Å². The Kier molecular flexibility index (Phi) is 3.72. The van der Waals surface area contributed by atoms with E-state index in [9.17, 15) is 9.50 Å². The maximum Gasteiger partial charge on any atom is 0.141 e. The average molecular weight is 245 g/mol. The quantitative estimate of drug-likeness (QED) is 0.901. The fourth-order valence-electron chi connectivity index (χ4n) is 1.88. The minimum absolute atomic E-state index is 0.424. The summed E-state index contributed by atoms with van der Waals surface area (Å²) in [6.07, 6.45) is 2.36. The first kappa shape index (κ1) is 12.7. The third-order valence-electron chi connectivity index (χ3n) is 3.11. The number of aliphatic hydroxyl groups is 1. The molecule has 1 N–H and O–H groups in total. The van der Waals surface area contributed by atoms with Crippen LogP contribution in [-0.2, 0) is 6.42 Å². The van der Waals surface area contributed by atoms with Crippen LogP contribution in [0.1, 0.15) is 28.4 Å². The van der Waals surface area contributed by atoms with Crippen LogP contribution < -0.4 is 0 Å². The van der Waals surface area contributed by atoms with E-state index in [-0.39, 0.29) is 0 Å². The van der Waals surface area contributed by atoms with Gasteiger partial charge in [-0.1, -0.05) is 18.2 Å².